The summed E-state index contributed by atoms with van der Waals surface area (Å²) in [4.78, 5) is 4.32. The monoisotopic (exact) mass is 148 g/mol. The third-order valence-corrected chi connectivity index (χ3v) is 2.05. The molecule has 0 saturated heterocycles. The first-order chi connectivity index (χ1) is 5.47. The molecule has 0 radical (unpaired) electrons. The van der Waals surface area contributed by atoms with Crippen molar-refractivity contribution >= 4 is 5.69 Å². The maximum atomic E-state index is 4.32. The SMILES string of the molecule is c1cnc2c(c1)NCCCC2. The fourth-order valence-corrected chi connectivity index (χ4v) is 1.44. The third kappa shape index (κ3) is 1.34. The zero-order chi connectivity index (χ0) is 7.52. The Kier molecular flexibility index (Phi) is 1.76. The Balaban J connectivity index is 2.33. The van der Waals surface area contributed by atoms with Crippen LogP contribution in [0.4, 0.5) is 5.69 Å². The third-order valence-electron chi connectivity index (χ3n) is 2.05. The van der Waals surface area contributed by atoms with Crippen molar-refractivity contribution in [3.05, 3.63) is 24.0 Å². The molecule has 0 atom stereocenters. The van der Waals surface area contributed by atoms with Gasteiger partial charge in [0, 0.05) is 12.7 Å². The van der Waals surface area contributed by atoms with Gasteiger partial charge in [-0.05, 0) is 31.4 Å². The molecule has 1 aromatic heterocycles. The smallest absolute Gasteiger partial charge is 0.0634 e. The van der Waals surface area contributed by atoms with Crippen LogP contribution in [0.5, 0.6) is 0 Å². The Morgan fingerprint density at radius 2 is 2.36 bits per heavy atom. The van der Waals surface area contributed by atoms with Crippen LogP contribution in [0.2, 0.25) is 0 Å². The summed E-state index contributed by atoms with van der Waals surface area (Å²) in [5.74, 6) is 0. The van der Waals surface area contributed by atoms with Crippen molar-refractivity contribution in [2.45, 2.75) is 19.3 Å². The molecule has 0 saturated carbocycles. The van der Waals surface area contributed by atoms with Crippen molar-refractivity contribution in [2.75, 3.05) is 11.9 Å². The molecule has 2 nitrogen and oxygen atoms in total. The quantitative estimate of drug-likeness (QED) is 0.607. The minimum Gasteiger partial charge on any atom is -0.384 e. The molecule has 0 aromatic carbocycles. The van der Waals surface area contributed by atoms with E-state index in [0.717, 1.165) is 13.0 Å². The molecule has 0 amide bonds. The Hall–Kier alpha value is -1.05. The predicted molar refractivity (Wildman–Crippen MR) is 45.7 cm³/mol. The molecule has 1 aliphatic rings. The van der Waals surface area contributed by atoms with Crippen LogP contribution >= 0.6 is 0 Å². The van der Waals surface area contributed by atoms with E-state index in [9.17, 15) is 0 Å². The average Bonchev–Trinajstić information content (AvgIpc) is 2.28. The molecule has 2 heteroatoms. The molecule has 0 bridgehead atoms. The van der Waals surface area contributed by atoms with Crippen LogP contribution in [-0.2, 0) is 6.42 Å². The van der Waals surface area contributed by atoms with Gasteiger partial charge in [-0.3, -0.25) is 4.98 Å². The summed E-state index contributed by atoms with van der Waals surface area (Å²) in [5, 5.41) is 3.36. The lowest BCUT2D eigenvalue weighted by Crippen LogP contribution is -1.99. The van der Waals surface area contributed by atoms with E-state index >= 15 is 0 Å². The lowest BCUT2D eigenvalue weighted by Gasteiger charge is -2.03. The number of fused-ring (bicyclic) bond motifs is 1. The van der Waals surface area contributed by atoms with E-state index in [1.54, 1.807) is 0 Å². The topological polar surface area (TPSA) is 24.9 Å². The number of aromatic nitrogens is 1. The second-order valence-corrected chi connectivity index (χ2v) is 2.88. The number of rotatable bonds is 0. The fourth-order valence-electron chi connectivity index (χ4n) is 1.44. The van der Waals surface area contributed by atoms with E-state index in [4.69, 9.17) is 0 Å². The van der Waals surface area contributed by atoms with E-state index in [1.807, 2.05) is 12.3 Å². The first kappa shape index (κ1) is 6.65. The lowest BCUT2D eigenvalue weighted by molar-refractivity contribution is 0.774. The Labute approximate surface area is 66.7 Å². The molecular formula is C9H12N2. The summed E-state index contributed by atoms with van der Waals surface area (Å²) in [6.45, 7) is 1.10. The van der Waals surface area contributed by atoms with Gasteiger partial charge in [-0.2, -0.15) is 0 Å². The van der Waals surface area contributed by atoms with Gasteiger partial charge in [0.2, 0.25) is 0 Å². The van der Waals surface area contributed by atoms with Crippen molar-refractivity contribution < 1.29 is 0 Å². The number of aryl methyl sites for hydroxylation is 1. The highest BCUT2D eigenvalue weighted by atomic mass is 14.9. The van der Waals surface area contributed by atoms with E-state index in [2.05, 4.69) is 16.4 Å². The van der Waals surface area contributed by atoms with Crippen molar-refractivity contribution in [1.82, 2.24) is 4.98 Å². The lowest BCUT2D eigenvalue weighted by atomic mass is 10.2. The van der Waals surface area contributed by atoms with Gasteiger partial charge in [-0.25, -0.2) is 0 Å². The highest BCUT2D eigenvalue weighted by Crippen LogP contribution is 2.17. The molecule has 0 aliphatic carbocycles. The Bertz CT molecular complexity index is 220. The second kappa shape index (κ2) is 2.91. The van der Waals surface area contributed by atoms with Gasteiger partial charge in [-0.15, -0.1) is 0 Å². The number of anilines is 1. The summed E-state index contributed by atoms with van der Waals surface area (Å²) >= 11 is 0. The van der Waals surface area contributed by atoms with Gasteiger partial charge >= 0.3 is 0 Å². The minimum atomic E-state index is 1.10. The molecule has 58 valence electrons. The van der Waals surface area contributed by atoms with Gasteiger partial charge in [-0.1, -0.05) is 0 Å². The van der Waals surface area contributed by atoms with Crippen molar-refractivity contribution in [3.8, 4) is 0 Å². The molecule has 1 N–H and O–H groups in total. The molecule has 0 spiro atoms. The van der Waals surface area contributed by atoms with Crippen LogP contribution < -0.4 is 5.32 Å². The normalized spacial score (nSPS) is 16.4. The molecule has 1 aliphatic heterocycles. The molecule has 0 unspecified atom stereocenters. The number of hydrogen-bond donors (Lipinski definition) is 1. The average molecular weight is 148 g/mol. The fraction of sp³-hybridized carbons (Fsp3) is 0.444. The Morgan fingerprint density at radius 1 is 1.36 bits per heavy atom. The van der Waals surface area contributed by atoms with Crippen LogP contribution in [0.1, 0.15) is 18.5 Å². The van der Waals surface area contributed by atoms with Crippen LogP contribution in [0, 0.1) is 0 Å². The van der Waals surface area contributed by atoms with E-state index in [-0.39, 0.29) is 0 Å². The first-order valence-corrected chi connectivity index (χ1v) is 4.14. The summed E-state index contributed by atoms with van der Waals surface area (Å²) in [6.07, 6.45) is 5.52. The second-order valence-electron chi connectivity index (χ2n) is 2.88. The van der Waals surface area contributed by atoms with Crippen LogP contribution in [0.25, 0.3) is 0 Å². The van der Waals surface area contributed by atoms with Crippen molar-refractivity contribution in [2.24, 2.45) is 0 Å². The summed E-state index contributed by atoms with van der Waals surface area (Å²) in [5.41, 5.74) is 2.45. The maximum Gasteiger partial charge on any atom is 0.0634 e. The molecule has 0 fully saturated rings. The van der Waals surface area contributed by atoms with Crippen molar-refractivity contribution in [1.29, 1.82) is 0 Å². The van der Waals surface area contributed by atoms with Gasteiger partial charge in [0.25, 0.3) is 0 Å². The molecule has 2 heterocycles. The summed E-state index contributed by atoms with van der Waals surface area (Å²) in [7, 11) is 0. The van der Waals surface area contributed by atoms with Crippen LogP contribution in [0.3, 0.4) is 0 Å². The van der Waals surface area contributed by atoms with Crippen LogP contribution in [0.15, 0.2) is 18.3 Å². The zero-order valence-electron chi connectivity index (χ0n) is 6.51. The standard InChI is InChI=1S/C9H12N2/c1-2-6-10-9-5-3-7-11-8(9)4-1/h3,5,7,10H,1-2,4,6H2. The first-order valence-electron chi connectivity index (χ1n) is 4.14. The highest BCUT2D eigenvalue weighted by Gasteiger charge is 2.05. The molecular weight excluding hydrogens is 136 g/mol. The van der Waals surface area contributed by atoms with Crippen LogP contribution in [-0.4, -0.2) is 11.5 Å². The van der Waals surface area contributed by atoms with Gasteiger partial charge in [0.15, 0.2) is 0 Å². The molecule has 11 heavy (non-hydrogen) atoms. The van der Waals surface area contributed by atoms with E-state index in [0.29, 0.717) is 0 Å². The van der Waals surface area contributed by atoms with Crippen molar-refractivity contribution in [3.63, 3.8) is 0 Å². The maximum absolute atomic E-state index is 4.32. The van der Waals surface area contributed by atoms with Gasteiger partial charge in [0.1, 0.15) is 0 Å². The summed E-state index contributed by atoms with van der Waals surface area (Å²) in [6, 6.07) is 4.09. The predicted octanol–water partition coefficient (Wildman–Crippen LogP) is 1.83. The number of nitrogens with zero attached hydrogens (tertiary/aromatic N) is 1. The van der Waals surface area contributed by atoms with E-state index in [1.165, 1.54) is 24.2 Å². The van der Waals surface area contributed by atoms with Gasteiger partial charge < -0.3 is 5.32 Å². The molecule has 1 aromatic rings. The van der Waals surface area contributed by atoms with E-state index < -0.39 is 0 Å². The Morgan fingerprint density at radius 3 is 3.36 bits per heavy atom. The number of hydrogen-bond acceptors (Lipinski definition) is 2. The largest absolute Gasteiger partial charge is 0.384 e. The number of pyridine rings is 1. The highest BCUT2D eigenvalue weighted by molar-refractivity contribution is 5.47. The minimum absolute atomic E-state index is 1.10. The van der Waals surface area contributed by atoms with Gasteiger partial charge in [0.05, 0.1) is 11.4 Å². The zero-order valence-corrected chi connectivity index (χ0v) is 6.51. The molecule has 2 rings (SSSR count). The summed E-state index contributed by atoms with van der Waals surface area (Å²) < 4.78 is 0. The number of nitrogens with one attached hydrogen (secondary N) is 1.